The zero-order valence-corrected chi connectivity index (χ0v) is 12.0. The summed E-state index contributed by atoms with van der Waals surface area (Å²) in [5, 5.41) is 13.6. The fraction of sp³-hybridized carbons (Fsp3) is 0.692. The molecule has 0 amide bonds. The molecule has 0 spiro atoms. The Kier molecular flexibility index (Phi) is 4.36. The van der Waals surface area contributed by atoms with Crippen LogP contribution < -0.4 is 10.6 Å². The van der Waals surface area contributed by atoms with Crippen LogP contribution in [-0.2, 0) is 7.05 Å². The first-order valence-corrected chi connectivity index (χ1v) is 6.25. The van der Waals surface area contributed by atoms with Gasteiger partial charge in [-0.15, -0.1) is 0 Å². The topological polar surface area (TPSA) is 70.9 Å². The zero-order chi connectivity index (χ0) is 13.9. The Labute approximate surface area is 109 Å². The van der Waals surface area contributed by atoms with Gasteiger partial charge >= 0.3 is 0 Å². The molecule has 1 aromatic rings. The third-order valence-electron chi connectivity index (χ3n) is 3.16. The SMILES string of the molecule is CCN(CC(C)(C)CN)c1c(C#N)c(C)nn1C. The van der Waals surface area contributed by atoms with Crippen LogP contribution in [0.25, 0.3) is 0 Å². The van der Waals surface area contributed by atoms with Crippen molar-refractivity contribution < 1.29 is 0 Å². The van der Waals surface area contributed by atoms with Gasteiger partial charge < -0.3 is 10.6 Å². The van der Waals surface area contributed by atoms with Gasteiger partial charge in [0.05, 0.1) is 5.69 Å². The highest BCUT2D eigenvalue weighted by molar-refractivity contribution is 5.57. The van der Waals surface area contributed by atoms with Gasteiger partial charge in [0.2, 0.25) is 0 Å². The molecular weight excluding hydrogens is 226 g/mol. The van der Waals surface area contributed by atoms with E-state index < -0.39 is 0 Å². The van der Waals surface area contributed by atoms with E-state index in [4.69, 9.17) is 5.73 Å². The second kappa shape index (κ2) is 5.40. The molecule has 1 rings (SSSR count). The average Bonchev–Trinajstić information content (AvgIpc) is 2.60. The molecule has 0 saturated heterocycles. The standard InChI is InChI=1S/C13H23N5/c1-6-18(9-13(3,4)8-15)12-11(7-14)10(2)16-17(12)5/h6,8-9,15H2,1-5H3. The van der Waals surface area contributed by atoms with Gasteiger partial charge in [-0.05, 0) is 25.8 Å². The maximum atomic E-state index is 9.26. The molecule has 100 valence electrons. The van der Waals surface area contributed by atoms with E-state index in [-0.39, 0.29) is 5.41 Å². The van der Waals surface area contributed by atoms with Crippen molar-refractivity contribution in [2.75, 3.05) is 24.5 Å². The third kappa shape index (κ3) is 2.82. The van der Waals surface area contributed by atoms with Gasteiger partial charge in [0.15, 0.2) is 0 Å². The minimum atomic E-state index is 0.0148. The molecule has 0 bridgehead atoms. The van der Waals surface area contributed by atoms with Gasteiger partial charge in [0, 0.05) is 20.1 Å². The minimum Gasteiger partial charge on any atom is -0.355 e. The largest absolute Gasteiger partial charge is 0.355 e. The zero-order valence-electron chi connectivity index (χ0n) is 12.0. The van der Waals surface area contributed by atoms with Crippen molar-refractivity contribution >= 4 is 5.82 Å². The van der Waals surface area contributed by atoms with E-state index in [2.05, 4.69) is 36.8 Å². The van der Waals surface area contributed by atoms with E-state index in [0.29, 0.717) is 12.1 Å². The minimum absolute atomic E-state index is 0.0148. The van der Waals surface area contributed by atoms with Crippen LogP contribution in [0.4, 0.5) is 5.82 Å². The van der Waals surface area contributed by atoms with Crippen molar-refractivity contribution in [3.8, 4) is 6.07 Å². The Balaban J connectivity index is 3.14. The van der Waals surface area contributed by atoms with Crippen molar-refractivity contribution in [2.45, 2.75) is 27.7 Å². The monoisotopic (exact) mass is 249 g/mol. The molecular formula is C13H23N5. The molecule has 0 aliphatic carbocycles. The van der Waals surface area contributed by atoms with Crippen LogP contribution in [-0.4, -0.2) is 29.4 Å². The third-order valence-corrected chi connectivity index (χ3v) is 3.16. The molecule has 0 atom stereocenters. The summed E-state index contributed by atoms with van der Waals surface area (Å²) in [7, 11) is 1.88. The highest BCUT2D eigenvalue weighted by Crippen LogP contribution is 2.25. The number of hydrogen-bond acceptors (Lipinski definition) is 4. The summed E-state index contributed by atoms with van der Waals surface area (Å²) in [6.07, 6.45) is 0. The lowest BCUT2D eigenvalue weighted by atomic mass is 9.93. The fourth-order valence-electron chi connectivity index (χ4n) is 2.06. The van der Waals surface area contributed by atoms with E-state index in [1.165, 1.54) is 0 Å². The molecule has 0 aliphatic rings. The summed E-state index contributed by atoms with van der Waals surface area (Å²) in [5.41, 5.74) is 7.24. The number of nitriles is 1. The number of nitrogens with zero attached hydrogens (tertiary/aromatic N) is 4. The van der Waals surface area contributed by atoms with Crippen LogP contribution in [0.1, 0.15) is 32.0 Å². The molecule has 1 heterocycles. The lowest BCUT2D eigenvalue weighted by Gasteiger charge is -2.32. The first-order valence-electron chi connectivity index (χ1n) is 6.25. The number of aryl methyl sites for hydroxylation is 2. The van der Waals surface area contributed by atoms with Gasteiger partial charge in [0.25, 0.3) is 0 Å². The van der Waals surface area contributed by atoms with Crippen LogP contribution in [0.5, 0.6) is 0 Å². The second-order valence-electron chi connectivity index (χ2n) is 5.40. The lowest BCUT2D eigenvalue weighted by molar-refractivity contribution is 0.377. The van der Waals surface area contributed by atoms with Gasteiger partial charge in [-0.1, -0.05) is 13.8 Å². The van der Waals surface area contributed by atoms with Crippen LogP contribution in [0.2, 0.25) is 0 Å². The number of anilines is 1. The van der Waals surface area contributed by atoms with E-state index in [1.54, 1.807) is 4.68 Å². The Hall–Kier alpha value is -1.54. The molecule has 0 aromatic carbocycles. The van der Waals surface area contributed by atoms with E-state index in [0.717, 1.165) is 24.6 Å². The van der Waals surface area contributed by atoms with E-state index in [9.17, 15) is 5.26 Å². The lowest BCUT2D eigenvalue weighted by Crippen LogP contribution is -2.39. The van der Waals surface area contributed by atoms with Gasteiger partial charge in [-0.25, -0.2) is 0 Å². The fourth-order valence-corrected chi connectivity index (χ4v) is 2.06. The van der Waals surface area contributed by atoms with Gasteiger partial charge in [-0.2, -0.15) is 10.4 Å². The van der Waals surface area contributed by atoms with Crippen molar-refractivity contribution in [3.63, 3.8) is 0 Å². The Morgan fingerprint density at radius 2 is 2.11 bits per heavy atom. The Morgan fingerprint density at radius 3 is 2.56 bits per heavy atom. The van der Waals surface area contributed by atoms with Crippen molar-refractivity contribution in [1.29, 1.82) is 5.26 Å². The molecule has 0 saturated carbocycles. The van der Waals surface area contributed by atoms with Gasteiger partial charge in [-0.3, -0.25) is 4.68 Å². The van der Waals surface area contributed by atoms with Crippen molar-refractivity contribution in [2.24, 2.45) is 18.2 Å². The smallest absolute Gasteiger partial charge is 0.144 e. The summed E-state index contributed by atoms with van der Waals surface area (Å²) < 4.78 is 1.78. The normalized spacial score (nSPS) is 11.4. The number of aromatic nitrogens is 2. The maximum absolute atomic E-state index is 9.26. The first kappa shape index (κ1) is 14.5. The van der Waals surface area contributed by atoms with Gasteiger partial charge in [0.1, 0.15) is 17.5 Å². The molecule has 0 fully saturated rings. The highest BCUT2D eigenvalue weighted by atomic mass is 15.4. The Bertz CT molecular complexity index is 453. The molecule has 0 unspecified atom stereocenters. The maximum Gasteiger partial charge on any atom is 0.144 e. The predicted molar refractivity (Wildman–Crippen MR) is 73.4 cm³/mol. The van der Waals surface area contributed by atoms with Crippen LogP contribution in [0.15, 0.2) is 0 Å². The summed E-state index contributed by atoms with van der Waals surface area (Å²) >= 11 is 0. The summed E-state index contributed by atoms with van der Waals surface area (Å²) in [4.78, 5) is 2.17. The van der Waals surface area contributed by atoms with E-state index >= 15 is 0 Å². The quantitative estimate of drug-likeness (QED) is 0.856. The molecule has 0 aliphatic heterocycles. The summed E-state index contributed by atoms with van der Waals surface area (Å²) in [6, 6.07) is 2.25. The molecule has 0 radical (unpaired) electrons. The Morgan fingerprint density at radius 1 is 1.50 bits per heavy atom. The van der Waals surface area contributed by atoms with Crippen molar-refractivity contribution in [1.82, 2.24) is 9.78 Å². The van der Waals surface area contributed by atoms with E-state index in [1.807, 2.05) is 14.0 Å². The number of nitrogens with two attached hydrogens (primary N) is 1. The van der Waals surface area contributed by atoms with Crippen LogP contribution in [0, 0.1) is 23.7 Å². The number of hydrogen-bond donors (Lipinski definition) is 1. The highest BCUT2D eigenvalue weighted by Gasteiger charge is 2.24. The van der Waals surface area contributed by atoms with Crippen LogP contribution >= 0.6 is 0 Å². The first-order chi connectivity index (χ1) is 8.36. The molecule has 2 N–H and O–H groups in total. The van der Waals surface area contributed by atoms with Crippen LogP contribution in [0.3, 0.4) is 0 Å². The summed E-state index contributed by atoms with van der Waals surface area (Å²) in [5.74, 6) is 0.888. The molecule has 5 nitrogen and oxygen atoms in total. The molecule has 5 heteroatoms. The predicted octanol–water partition coefficient (Wildman–Crippen LogP) is 1.41. The second-order valence-corrected chi connectivity index (χ2v) is 5.40. The summed E-state index contributed by atoms with van der Waals surface area (Å²) in [6.45, 7) is 10.5. The average molecular weight is 249 g/mol. The van der Waals surface area contributed by atoms with Crippen molar-refractivity contribution in [3.05, 3.63) is 11.3 Å². The molecule has 1 aromatic heterocycles. The molecule has 18 heavy (non-hydrogen) atoms. The number of rotatable bonds is 5.